The lowest BCUT2D eigenvalue weighted by atomic mass is 9.91. The summed E-state index contributed by atoms with van der Waals surface area (Å²) in [6.45, 7) is 0.860. The molecule has 12 heavy (non-hydrogen) atoms. The Labute approximate surface area is 71.9 Å². The summed E-state index contributed by atoms with van der Waals surface area (Å²) < 4.78 is 18.4. The van der Waals surface area contributed by atoms with Crippen molar-refractivity contribution in [3.63, 3.8) is 0 Å². The van der Waals surface area contributed by atoms with E-state index in [1.165, 1.54) is 0 Å². The van der Waals surface area contributed by atoms with Gasteiger partial charge >= 0.3 is 0 Å². The van der Waals surface area contributed by atoms with Gasteiger partial charge in [-0.1, -0.05) is 12.2 Å². The molecule has 2 rings (SSSR count). The standard InChI is InChI=1S/C10H13FO/c11-10-4-2-1-3-8(10)7-9-5-6-12-9/h1-2,4,8-9H,3,5-7H2. The SMILES string of the molecule is FC1=CC=CCC1CC1CCO1. The Balaban J connectivity index is 1.87. The van der Waals surface area contributed by atoms with Gasteiger partial charge in [0.2, 0.25) is 0 Å². The van der Waals surface area contributed by atoms with Crippen LogP contribution < -0.4 is 0 Å². The van der Waals surface area contributed by atoms with Crippen LogP contribution in [0, 0.1) is 5.92 Å². The number of rotatable bonds is 2. The zero-order valence-corrected chi connectivity index (χ0v) is 7.00. The second kappa shape index (κ2) is 3.40. The Kier molecular flexibility index (Phi) is 2.26. The van der Waals surface area contributed by atoms with E-state index in [0.717, 1.165) is 25.9 Å². The van der Waals surface area contributed by atoms with Crippen LogP contribution in [0.15, 0.2) is 24.1 Å². The first-order chi connectivity index (χ1) is 5.86. The third kappa shape index (κ3) is 1.58. The highest BCUT2D eigenvalue weighted by atomic mass is 19.1. The maximum atomic E-state index is 13.1. The Hall–Kier alpha value is -0.630. The minimum atomic E-state index is 0.0213. The van der Waals surface area contributed by atoms with E-state index in [9.17, 15) is 4.39 Å². The van der Waals surface area contributed by atoms with Gasteiger partial charge in [-0.3, -0.25) is 0 Å². The molecule has 2 heteroatoms. The van der Waals surface area contributed by atoms with Gasteiger partial charge in [0.25, 0.3) is 0 Å². The van der Waals surface area contributed by atoms with Crippen molar-refractivity contribution < 1.29 is 9.13 Å². The second-order valence-corrected chi connectivity index (χ2v) is 3.43. The van der Waals surface area contributed by atoms with Gasteiger partial charge in [0, 0.05) is 12.5 Å². The van der Waals surface area contributed by atoms with Crippen LogP contribution in [0.4, 0.5) is 4.39 Å². The number of hydrogen-bond acceptors (Lipinski definition) is 1. The Morgan fingerprint density at radius 2 is 2.42 bits per heavy atom. The van der Waals surface area contributed by atoms with E-state index in [-0.39, 0.29) is 11.7 Å². The molecule has 0 N–H and O–H groups in total. The average molecular weight is 168 g/mol. The highest BCUT2D eigenvalue weighted by Gasteiger charge is 2.25. The molecule has 2 unspecified atom stereocenters. The monoisotopic (exact) mass is 168 g/mol. The fraction of sp³-hybridized carbons (Fsp3) is 0.600. The first-order valence-corrected chi connectivity index (χ1v) is 4.50. The third-order valence-electron chi connectivity index (χ3n) is 2.54. The van der Waals surface area contributed by atoms with E-state index in [1.54, 1.807) is 12.2 Å². The fourth-order valence-corrected chi connectivity index (χ4v) is 1.65. The Bertz CT molecular complexity index is 216. The van der Waals surface area contributed by atoms with Crippen molar-refractivity contribution in [3.05, 3.63) is 24.1 Å². The molecule has 0 aromatic carbocycles. The van der Waals surface area contributed by atoms with Gasteiger partial charge in [0.15, 0.2) is 0 Å². The number of hydrogen-bond donors (Lipinski definition) is 0. The molecule has 0 aromatic rings. The largest absolute Gasteiger partial charge is 0.378 e. The summed E-state index contributed by atoms with van der Waals surface area (Å²) in [7, 11) is 0. The maximum Gasteiger partial charge on any atom is 0.103 e. The van der Waals surface area contributed by atoms with Crippen molar-refractivity contribution in [2.75, 3.05) is 6.61 Å². The van der Waals surface area contributed by atoms with Crippen LogP contribution in [0.1, 0.15) is 19.3 Å². The van der Waals surface area contributed by atoms with Gasteiger partial charge in [0.1, 0.15) is 5.83 Å². The summed E-state index contributed by atoms with van der Waals surface area (Å²) in [6, 6.07) is 0. The molecule has 0 spiro atoms. The second-order valence-electron chi connectivity index (χ2n) is 3.43. The molecule has 2 atom stereocenters. The fourth-order valence-electron chi connectivity index (χ4n) is 1.65. The summed E-state index contributed by atoms with van der Waals surface area (Å²) in [5, 5.41) is 0. The lowest BCUT2D eigenvalue weighted by Crippen LogP contribution is -2.29. The molecule has 0 amide bonds. The normalized spacial score (nSPS) is 34.2. The topological polar surface area (TPSA) is 9.23 Å². The van der Waals surface area contributed by atoms with Crippen molar-refractivity contribution in [1.29, 1.82) is 0 Å². The number of allylic oxidation sites excluding steroid dienone is 4. The quantitative estimate of drug-likeness (QED) is 0.615. The van der Waals surface area contributed by atoms with Crippen molar-refractivity contribution in [3.8, 4) is 0 Å². The molecular weight excluding hydrogens is 155 g/mol. The molecule has 1 fully saturated rings. The van der Waals surface area contributed by atoms with Crippen molar-refractivity contribution >= 4 is 0 Å². The molecule has 2 aliphatic rings. The predicted octanol–water partition coefficient (Wildman–Crippen LogP) is 2.59. The minimum absolute atomic E-state index is 0.0213. The minimum Gasteiger partial charge on any atom is -0.378 e. The molecule has 1 aliphatic carbocycles. The summed E-state index contributed by atoms with van der Waals surface area (Å²) in [5.41, 5.74) is 0. The molecule has 0 bridgehead atoms. The van der Waals surface area contributed by atoms with Crippen LogP contribution in [0.2, 0.25) is 0 Å². The summed E-state index contributed by atoms with van der Waals surface area (Å²) in [5.74, 6) is 0.105. The molecule has 0 saturated carbocycles. The van der Waals surface area contributed by atoms with Crippen LogP contribution in [0.25, 0.3) is 0 Å². The Morgan fingerprint density at radius 1 is 1.58 bits per heavy atom. The highest BCUT2D eigenvalue weighted by Crippen LogP contribution is 2.30. The average Bonchev–Trinajstić information content (AvgIpc) is 2.00. The summed E-state index contributed by atoms with van der Waals surface area (Å²) in [6.07, 6.45) is 8.48. The van der Waals surface area contributed by atoms with Gasteiger partial charge < -0.3 is 4.74 Å². The van der Waals surface area contributed by atoms with Crippen LogP contribution in [-0.4, -0.2) is 12.7 Å². The van der Waals surface area contributed by atoms with Crippen molar-refractivity contribution in [1.82, 2.24) is 0 Å². The zero-order valence-electron chi connectivity index (χ0n) is 7.00. The van der Waals surface area contributed by atoms with Gasteiger partial charge in [-0.05, 0) is 25.3 Å². The predicted molar refractivity (Wildman–Crippen MR) is 45.4 cm³/mol. The molecule has 1 aliphatic heterocycles. The number of halogens is 1. The smallest absolute Gasteiger partial charge is 0.103 e. The first kappa shape index (κ1) is 7.99. The maximum absolute atomic E-state index is 13.1. The van der Waals surface area contributed by atoms with Crippen LogP contribution in [-0.2, 0) is 4.74 Å². The van der Waals surface area contributed by atoms with Crippen LogP contribution in [0.5, 0.6) is 0 Å². The number of ether oxygens (including phenoxy) is 1. The molecule has 1 heterocycles. The molecule has 0 aromatic heterocycles. The van der Waals surface area contributed by atoms with Crippen LogP contribution in [0.3, 0.4) is 0 Å². The zero-order chi connectivity index (χ0) is 8.39. The molecule has 1 nitrogen and oxygen atoms in total. The first-order valence-electron chi connectivity index (χ1n) is 4.50. The van der Waals surface area contributed by atoms with E-state index >= 15 is 0 Å². The molecule has 66 valence electrons. The van der Waals surface area contributed by atoms with Gasteiger partial charge in [-0.2, -0.15) is 0 Å². The highest BCUT2D eigenvalue weighted by molar-refractivity contribution is 5.16. The summed E-state index contributed by atoms with van der Waals surface area (Å²) in [4.78, 5) is 0. The van der Waals surface area contributed by atoms with E-state index in [4.69, 9.17) is 4.74 Å². The Morgan fingerprint density at radius 3 is 3.00 bits per heavy atom. The molecular formula is C10H13FO. The molecule has 0 radical (unpaired) electrons. The van der Waals surface area contributed by atoms with Crippen LogP contribution >= 0.6 is 0 Å². The van der Waals surface area contributed by atoms with Crippen molar-refractivity contribution in [2.24, 2.45) is 5.92 Å². The van der Waals surface area contributed by atoms with Crippen molar-refractivity contribution in [2.45, 2.75) is 25.4 Å². The van der Waals surface area contributed by atoms with E-state index in [1.807, 2.05) is 6.08 Å². The van der Waals surface area contributed by atoms with E-state index in [2.05, 4.69) is 0 Å². The lowest BCUT2D eigenvalue weighted by Gasteiger charge is -2.29. The van der Waals surface area contributed by atoms with Gasteiger partial charge in [0.05, 0.1) is 6.10 Å². The lowest BCUT2D eigenvalue weighted by molar-refractivity contribution is -0.0615. The summed E-state index contributed by atoms with van der Waals surface area (Å²) >= 11 is 0. The molecule has 1 saturated heterocycles. The van der Waals surface area contributed by atoms with E-state index < -0.39 is 0 Å². The van der Waals surface area contributed by atoms with Gasteiger partial charge in [-0.15, -0.1) is 0 Å². The van der Waals surface area contributed by atoms with E-state index in [0.29, 0.717) is 6.10 Å². The van der Waals surface area contributed by atoms with Gasteiger partial charge in [-0.25, -0.2) is 4.39 Å². The third-order valence-corrected chi connectivity index (χ3v) is 2.54.